The smallest absolute Gasteiger partial charge is 0.228 e. The molecule has 1 N–H and O–H groups in total. The van der Waals surface area contributed by atoms with Crippen LogP contribution in [0.3, 0.4) is 0 Å². The van der Waals surface area contributed by atoms with Crippen molar-refractivity contribution >= 4 is 27.3 Å². The number of aromatic hydroxyl groups is 1. The molecule has 2 saturated heterocycles. The third-order valence-corrected chi connectivity index (χ3v) is 6.77. The van der Waals surface area contributed by atoms with Crippen molar-refractivity contribution < 1.29 is 23.1 Å². The van der Waals surface area contributed by atoms with Gasteiger partial charge in [-0.05, 0) is 37.1 Å². The first kappa shape index (κ1) is 17.7. The highest BCUT2D eigenvalue weighted by Gasteiger charge is 2.38. The van der Waals surface area contributed by atoms with E-state index in [9.17, 15) is 23.1 Å². The van der Waals surface area contributed by atoms with Crippen molar-refractivity contribution in [3.05, 3.63) is 24.3 Å². The topological polar surface area (TPSA) is 95.0 Å². The highest BCUT2D eigenvalue weighted by molar-refractivity contribution is 7.91. The quantitative estimate of drug-likeness (QED) is 0.853. The van der Waals surface area contributed by atoms with Crippen LogP contribution in [0.4, 0.5) is 5.69 Å². The van der Waals surface area contributed by atoms with Crippen LogP contribution in [0.5, 0.6) is 5.75 Å². The van der Waals surface area contributed by atoms with Crippen molar-refractivity contribution in [2.45, 2.75) is 25.3 Å². The van der Waals surface area contributed by atoms with Crippen molar-refractivity contribution in [1.82, 2.24) is 4.90 Å². The molecule has 136 valence electrons. The molecule has 25 heavy (non-hydrogen) atoms. The Bertz CT molecular complexity index is 761. The fourth-order valence-corrected chi connectivity index (χ4v) is 4.95. The maximum absolute atomic E-state index is 12.7. The minimum Gasteiger partial charge on any atom is -0.508 e. The Hall–Kier alpha value is -2.09. The summed E-state index contributed by atoms with van der Waals surface area (Å²) in [5.41, 5.74) is 0.657. The Morgan fingerprint density at radius 3 is 2.40 bits per heavy atom. The van der Waals surface area contributed by atoms with Crippen LogP contribution in [0.2, 0.25) is 0 Å². The lowest BCUT2D eigenvalue weighted by molar-refractivity contribution is -0.136. The number of carbonyl (C=O) groups is 2. The van der Waals surface area contributed by atoms with E-state index in [-0.39, 0.29) is 41.5 Å². The Kier molecular flexibility index (Phi) is 4.73. The molecule has 8 heteroatoms. The second-order valence-corrected chi connectivity index (χ2v) is 9.06. The first-order chi connectivity index (χ1) is 11.8. The zero-order valence-electron chi connectivity index (χ0n) is 14.1. The summed E-state index contributed by atoms with van der Waals surface area (Å²) in [6.45, 7) is 0.303. The van der Waals surface area contributed by atoms with Gasteiger partial charge in [-0.25, -0.2) is 8.42 Å². The number of sulfone groups is 1. The van der Waals surface area contributed by atoms with Crippen molar-refractivity contribution in [3.63, 3.8) is 0 Å². The van der Waals surface area contributed by atoms with Crippen molar-refractivity contribution in [3.8, 4) is 5.75 Å². The van der Waals surface area contributed by atoms with E-state index in [4.69, 9.17) is 0 Å². The van der Waals surface area contributed by atoms with Gasteiger partial charge >= 0.3 is 0 Å². The van der Waals surface area contributed by atoms with E-state index in [1.165, 1.54) is 12.1 Å². The average molecular weight is 366 g/mol. The molecule has 0 aromatic heterocycles. The summed E-state index contributed by atoms with van der Waals surface area (Å²) in [6.07, 6.45) is 1.05. The van der Waals surface area contributed by atoms with E-state index < -0.39 is 15.8 Å². The molecule has 7 nitrogen and oxygen atoms in total. The van der Waals surface area contributed by atoms with Crippen LogP contribution in [0, 0.1) is 5.92 Å². The van der Waals surface area contributed by atoms with Crippen LogP contribution in [-0.4, -0.2) is 61.4 Å². The molecule has 1 atom stereocenters. The van der Waals surface area contributed by atoms with Crippen LogP contribution >= 0.6 is 0 Å². The average Bonchev–Trinajstić information content (AvgIpc) is 2.96. The SMILES string of the molecule is CN(C(=O)[C@@H]1CC(=O)N(c2ccc(O)cc2)C1)C1CCS(=O)(=O)CC1. The summed E-state index contributed by atoms with van der Waals surface area (Å²) in [7, 11) is -1.28. The van der Waals surface area contributed by atoms with Gasteiger partial charge in [-0.2, -0.15) is 0 Å². The van der Waals surface area contributed by atoms with Gasteiger partial charge in [0.25, 0.3) is 0 Å². The largest absolute Gasteiger partial charge is 0.508 e. The van der Waals surface area contributed by atoms with Gasteiger partial charge < -0.3 is 14.9 Å². The summed E-state index contributed by atoms with van der Waals surface area (Å²) >= 11 is 0. The molecule has 1 aromatic rings. The lowest BCUT2D eigenvalue weighted by Crippen LogP contribution is -2.45. The van der Waals surface area contributed by atoms with E-state index in [1.807, 2.05) is 0 Å². The van der Waals surface area contributed by atoms with Gasteiger partial charge in [-0.15, -0.1) is 0 Å². The zero-order valence-corrected chi connectivity index (χ0v) is 14.9. The second-order valence-electron chi connectivity index (χ2n) is 6.75. The Balaban J connectivity index is 1.65. The Morgan fingerprint density at radius 1 is 1.20 bits per heavy atom. The van der Waals surface area contributed by atoms with Crippen LogP contribution in [0.25, 0.3) is 0 Å². The van der Waals surface area contributed by atoms with Crippen LogP contribution in [0.15, 0.2) is 24.3 Å². The monoisotopic (exact) mass is 366 g/mol. The molecule has 2 aliphatic rings. The maximum atomic E-state index is 12.7. The summed E-state index contributed by atoms with van der Waals surface area (Å²) in [5, 5.41) is 9.35. The molecule has 0 bridgehead atoms. The standard InChI is InChI=1S/C17H22N2O5S/c1-18(13-6-8-25(23,24)9-7-13)17(22)12-10-16(21)19(11-12)14-2-4-15(20)5-3-14/h2-5,12-13,20H,6-11H2,1H3/t12-/m1/s1. The molecule has 2 fully saturated rings. The van der Waals surface area contributed by atoms with Gasteiger partial charge in [-0.1, -0.05) is 0 Å². The fourth-order valence-electron chi connectivity index (χ4n) is 3.49. The number of carbonyl (C=O) groups excluding carboxylic acids is 2. The summed E-state index contributed by atoms with van der Waals surface area (Å²) in [5.74, 6) is -0.320. The highest BCUT2D eigenvalue weighted by atomic mass is 32.2. The predicted molar refractivity (Wildman–Crippen MR) is 93.0 cm³/mol. The number of phenolic OH excluding ortho intramolecular Hbond substituents is 1. The number of rotatable bonds is 3. The number of hydrogen-bond acceptors (Lipinski definition) is 5. The summed E-state index contributed by atoms with van der Waals surface area (Å²) < 4.78 is 23.1. The molecule has 1 aromatic carbocycles. The van der Waals surface area contributed by atoms with E-state index in [1.54, 1.807) is 29.0 Å². The van der Waals surface area contributed by atoms with Crippen molar-refractivity contribution in [2.75, 3.05) is 30.0 Å². The number of amides is 2. The van der Waals surface area contributed by atoms with Gasteiger partial charge in [0.15, 0.2) is 0 Å². The molecular weight excluding hydrogens is 344 g/mol. The lowest BCUT2D eigenvalue weighted by atomic mass is 10.0. The fraction of sp³-hybridized carbons (Fsp3) is 0.529. The molecule has 0 spiro atoms. The molecular formula is C17H22N2O5S. The first-order valence-electron chi connectivity index (χ1n) is 8.33. The minimum absolute atomic E-state index is 0.0890. The first-order valence-corrected chi connectivity index (χ1v) is 10.2. The summed E-state index contributed by atoms with van der Waals surface area (Å²) in [4.78, 5) is 28.2. The number of nitrogens with zero attached hydrogens (tertiary/aromatic N) is 2. The molecule has 0 saturated carbocycles. The van der Waals surface area contributed by atoms with Gasteiger partial charge in [0, 0.05) is 31.7 Å². The lowest BCUT2D eigenvalue weighted by Gasteiger charge is -2.32. The van der Waals surface area contributed by atoms with Gasteiger partial charge in [0.05, 0.1) is 17.4 Å². The normalized spacial score (nSPS) is 23.6. The minimum atomic E-state index is -2.97. The van der Waals surface area contributed by atoms with Crippen LogP contribution < -0.4 is 4.90 Å². The van der Waals surface area contributed by atoms with Gasteiger partial charge in [0.2, 0.25) is 11.8 Å². The van der Waals surface area contributed by atoms with E-state index in [0.717, 1.165) is 0 Å². The van der Waals surface area contributed by atoms with Crippen LogP contribution in [-0.2, 0) is 19.4 Å². The second kappa shape index (κ2) is 6.67. The molecule has 2 aliphatic heterocycles. The third-order valence-electron chi connectivity index (χ3n) is 5.06. The predicted octanol–water partition coefficient (Wildman–Crippen LogP) is 0.781. The number of anilines is 1. The van der Waals surface area contributed by atoms with Crippen LogP contribution in [0.1, 0.15) is 19.3 Å². The number of phenols is 1. The van der Waals surface area contributed by atoms with Gasteiger partial charge in [-0.3, -0.25) is 9.59 Å². The molecule has 2 amide bonds. The maximum Gasteiger partial charge on any atom is 0.228 e. The van der Waals surface area contributed by atoms with Crippen molar-refractivity contribution in [2.24, 2.45) is 5.92 Å². The highest BCUT2D eigenvalue weighted by Crippen LogP contribution is 2.28. The molecule has 3 rings (SSSR count). The van der Waals surface area contributed by atoms with Gasteiger partial charge in [0.1, 0.15) is 15.6 Å². The third kappa shape index (κ3) is 3.78. The Morgan fingerprint density at radius 2 is 1.80 bits per heavy atom. The summed E-state index contributed by atoms with van der Waals surface area (Å²) in [6, 6.07) is 6.22. The molecule has 0 radical (unpaired) electrons. The molecule has 0 aliphatic carbocycles. The van der Waals surface area contributed by atoms with E-state index >= 15 is 0 Å². The van der Waals surface area contributed by atoms with E-state index in [0.29, 0.717) is 25.1 Å². The zero-order chi connectivity index (χ0) is 18.2. The Labute approximate surface area is 147 Å². The number of hydrogen-bond donors (Lipinski definition) is 1. The molecule has 2 heterocycles. The van der Waals surface area contributed by atoms with E-state index in [2.05, 4.69) is 0 Å². The number of benzene rings is 1. The molecule has 0 unspecified atom stereocenters. The van der Waals surface area contributed by atoms with Crippen molar-refractivity contribution in [1.29, 1.82) is 0 Å².